The maximum absolute atomic E-state index is 12.4. The molecule has 7 heteroatoms. The normalized spacial score (nSPS) is 15.6. The number of amides is 1. The van der Waals surface area contributed by atoms with E-state index in [2.05, 4.69) is 32.5 Å². The first kappa shape index (κ1) is 23.0. The van der Waals surface area contributed by atoms with Crippen molar-refractivity contribution in [3.63, 3.8) is 0 Å². The Kier molecular flexibility index (Phi) is 7.08. The summed E-state index contributed by atoms with van der Waals surface area (Å²) in [6, 6.07) is 20.1. The highest BCUT2D eigenvalue weighted by Crippen LogP contribution is 2.28. The van der Waals surface area contributed by atoms with Gasteiger partial charge in [0.2, 0.25) is 5.89 Å². The molecule has 0 saturated carbocycles. The van der Waals surface area contributed by atoms with Crippen molar-refractivity contribution in [2.75, 3.05) is 19.6 Å². The van der Waals surface area contributed by atoms with Crippen molar-refractivity contribution >= 4 is 6.09 Å². The van der Waals surface area contributed by atoms with Gasteiger partial charge in [0.25, 0.3) is 0 Å². The zero-order valence-electron chi connectivity index (χ0n) is 19.5. The Morgan fingerprint density at radius 3 is 2.45 bits per heavy atom. The van der Waals surface area contributed by atoms with E-state index in [0.717, 1.165) is 37.4 Å². The molecule has 1 amide bonds. The SMILES string of the molecule is CC(C)(C)OC(=O)N[C@@H](CCN1CC(c2nc(Cc3ccccc3)no2)C1)c1ccccc1. The number of alkyl carbamates (subject to hydrolysis) is 1. The molecule has 4 rings (SSSR count). The van der Waals surface area contributed by atoms with Gasteiger partial charge < -0.3 is 19.5 Å². The Bertz CT molecular complexity index is 1020. The van der Waals surface area contributed by atoms with Crippen molar-refractivity contribution in [1.29, 1.82) is 0 Å². The molecule has 1 aliphatic heterocycles. The van der Waals surface area contributed by atoms with Crippen molar-refractivity contribution in [2.45, 2.75) is 51.2 Å². The molecular formula is C26H32N4O3. The number of nitrogens with one attached hydrogen (secondary N) is 1. The number of likely N-dealkylation sites (tertiary alicyclic amines) is 1. The van der Waals surface area contributed by atoms with Crippen molar-refractivity contribution in [3.8, 4) is 0 Å². The molecule has 0 unspecified atom stereocenters. The summed E-state index contributed by atoms with van der Waals surface area (Å²) in [5.41, 5.74) is 1.71. The third-order valence-electron chi connectivity index (χ3n) is 5.62. The molecule has 1 aromatic heterocycles. The largest absolute Gasteiger partial charge is 0.444 e. The summed E-state index contributed by atoms with van der Waals surface area (Å²) in [5.74, 6) is 1.69. The molecule has 1 saturated heterocycles. The van der Waals surface area contributed by atoms with Gasteiger partial charge in [0.05, 0.1) is 12.0 Å². The van der Waals surface area contributed by atoms with Crippen LogP contribution < -0.4 is 5.32 Å². The van der Waals surface area contributed by atoms with E-state index >= 15 is 0 Å². The first-order valence-electron chi connectivity index (χ1n) is 11.5. The van der Waals surface area contributed by atoms with Gasteiger partial charge in [-0.15, -0.1) is 0 Å². The van der Waals surface area contributed by atoms with Crippen LogP contribution in [0.2, 0.25) is 0 Å². The van der Waals surface area contributed by atoms with E-state index in [4.69, 9.17) is 9.26 Å². The second kappa shape index (κ2) is 10.2. The van der Waals surface area contributed by atoms with E-state index in [1.54, 1.807) is 0 Å². The molecule has 1 atom stereocenters. The van der Waals surface area contributed by atoms with E-state index in [9.17, 15) is 4.79 Å². The van der Waals surface area contributed by atoms with E-state index in [0.29, 0.717) is 12.3 Å². The van der Waals surface area contributed by atoms with E-state index in [-0.39, 0.29) is 12.0 Å². The minimum absolute atomic E-state index is 0.110. The molecule has 0 aliphatic carbocycles. The molecule has 7 nitrogen and oxygen atoms in total. The maximum Gasteiger partial charge on any atom is 0.408 e. The topological polar surface area (TPSA) is 80.5 Å². The Balaban J connectivity index is 1.28. The summed E-state index contributed by atoms with van der Waals surface area (Å²) >= 11 is 0. The molecule has 33 heavy (non-hydrogen) atoms. The van der Waals surface area contributed by atoms with Crippen molar-refractivity contribution in [1.82, 2.24) is 20.4 Å². The highest BCUT2D eigenvalue weighted by atomic mass is 16.6. The summed E-state index contributed by atoms with van der Waals surface area (Å²) < 4.78 is 11.0. The number of hydrogen-bond acceptors (Lipinski definition) is 6. The van der Waals surface area contributed by atoms with Gasteiger partial charge in [0, 0.05) is 26.1 Å². The van der Waals surface area contributed by atoms with Gasteiger partial charge in [-0.1, -0.05) is 65.8 Å². The summed E-state index contributed by atoms with van der Waals surface area (Å²) in [6.45, 7) is 8.21. The van der Waals surface area contributed by atoms with Gasteiger partial charge in [-0.05, 0) is 38.3 Å². The third kappa shape index (κ3) is 6.65. The molecule has 3 aromatic rings. The molecule has 0 bridgehead atoms. The van der Waals surface area contributed by atoms with Gasteiger partial charge in [0.15, 0.2) is 5.82 Å². The van der Waals surface area contributed by atoms with Crippen LogP contribution in [-0.2, 0) is 11.2 Å². The van der Waals surface area contributed by atoms with Crippen LogP contribution in [0.3, 0.4) is 0 Å². The number of nitrogens with zero attached hydrogens (tertiary/aromatic N) is 3. The molecule has 2 heterocycles. The van der Waals surface area contributed by atoms with Crippen LogP contribution in [0.5, 0.6) is 0 Å². The summed E-state index contributed by atoms with van der Waals surface area (Å²) in [5, 5.41) is 7.18. The van der Waals surface area contributed by atoms with Gasteiger partial charge in [-0.2, -0.15) is 4.98 Å². The predicted molar refractivity (Wildman–Crippen MR) is 126 cm³/mol. The van der Waals surface area contributed by atoms with Crippen molar-refractivity contribution < 1.29 is 14.1 Å². The first-order valence-corrected chi connectivity index (χ1v) is 11.5. The fraction of sp³-hybridized carbons (Fsp3) is 0.423. The first-order chi connectivity index (χ1) is 15.9. The van der Waals surface area contributed by atoms with E-state index in [1.807, 2.05) is 69.3 Å². The fourth-order valence-electron chi connectivity index (χ4n) is 3.96. The van der Waals surface area contributed by atoms with Gasteiger partial charge in [0.1, 0.15) is 5.60 Å². The molecule has 2 aromatic carbocycles. The third-order valence-corrected chi connectivity index (χ3v) is 5.62. The minimum atomic E-state index is -0.528. The molecule has 0 spiro atoms. The summed E-state index contributed by atoms with van der Waals surface area (Å²) in [7, 11) is 0. The number of benzene rings is 2. The molecular weight excluding hydrogens is 416 g/mol. The van der Waals surface area contributed by atoms with Gasteiger partial charge >= 0.3 is 6.09 Å². The molecule has 0 radical (unpaired) electrons. The molecule has 1 fully saturated rings. The lowest BCUT2D eigenvalue weighted by atomic mass is 9.97. The monoisotopic (exact) mass is 448 g/mol. The second-order valence-corrected chi connectivity index (χ2v) is 9.57. The zero-order valence-corrected chi connectivity index (χ0v) is 19.5. The lowest BCUT2D eigenvalue weighted by Crippen LogP contribution is -2.46. The number of aromatic nitrogens is 2. The number of carbonyl (C=O) groups excluding carboxylic acids is 1. The number of ether oxygens (including phenoxy) is 1. The fourth-order valence-corrected chi connectivity index (χ4v) is 3.96. The standard InChI is InChI=1S/C26H32N4O3/c1-26(2,3)32-25(31)27-22(20-12-8-5-9-13-20)14-15-30-17-21(18-30)24-28-23(29-33-24)16-19-10-6-4-7-11-19/h4-13,21-22H,14-18H2,1-3H3,(H,27,31)/t22-/m0/s1. The van der Waals surface area contributed by atoms with Crippen LogP contribution in [0.1, 0.15) is 62.0 Å². The van der Waals surface area contributed by atoms with Crippen LogP contribution in [0, 0.1) is 0 Å². The summed E-state index contributed by atoms with van der Waals surface area (Å²) in [6.07, 6.45) is 1.07. The smallest absolute Gasteiger partial charge is 0.408 e. The van der Waals surface area contributed by atoms with Crippen LogP contribution in [0.4, 0.5) is 4.79 Å². The Morgan fingerprint density at radius 2 is 1.79 bits per heavy atom. The van der Waals surface area contributed by atoms with Crippen LogP contribution in [0.15, 0.2) is 65.2 Å². The Hall–Kier alpha value is -3.19. The summed E-state index contributed by atoms with van der Waals surface area (Å²) in [4.78, 5) is 19.3. The lowest BCUT2D eigenvalue weighted by molar-refractivity contribution is 0.0491. The van der Waals surface area contributed by atoms with Gasteiger partial charge in [-0.3, -0.25) is 0 Å². The Morgan fingerprint density at radius 1 is 1.12 bits per heavy atom. The van der Waals surface area contributed by atoms with Crippen molar-refractivity contribution in [3.05, 3.63) is 83.5 Å². The lowest BCUT2D eigenvalue weighted by Gasteiger charge is -2.38. The zero-order chi connectivity index (χ0) is 23.3. The number of rotatable bonds is 8. The predicted octanol–water partition coefficient (Wildman–Crippen LogP) is 4.72. The maximum atomic E-state index is 12.4. The van der Waals surface area contributed by atoms with Crippen LogP contribution in [0.25, 0.3) is 0 Å². The van der Waals surface area contributed by atoms with Gasteiger partial charge in [-0.25, -0.2) is 4.79 Å². The second-order valence-electron chi connectivity index (χ2n) is 9.57. The quantitative estimate of drug-likeness (QED) is 0.537. The average Bonchev–Trinajstić information content (AvgIpc) is 3.19. The molecule has 174 valence electrons. The van der Waals surface area contributed by atoms with Crippen LogP contribution in [-0.4, -0.2) is 46.4 Å². The van der Waals surface area contributed by atoms with E-state index < -0.39 is 11.7 Å². The highest BCUT2D eigenvalue weighted by molar-refractivity contribution is 5.68. The minimum Gasteiger partial charge on any atom is -0.444 e. The number of hydrogen-bond donors (Lipinski definition) is 1. The average molecular weight is 449 g/mol. The van der Waals surface area contributed by atoms with Crippen molar-refractivity contribution in [2.24, 2.45) is 0 Å². The highest BCUT2D eigenvalue weighted by Gasteiger charge is 2.33. The molecule has 1 aliphatic rings. The van der Waals surface area contributed by atoms with E-state index in [1.165, 1.54) is 5.56 Å². The van der Waals surface area contributed by atoms with Crippen LogP contribution >= 0.6 is 0 Å². The number of carbonyl (C=O) groups is 1. The Labute approximate surface area is 195 Å². The molecule has 1 N–H and O–H groups in total.